The van der Waals surface area contributed by atoms with Crippen LogP contribution in [0.4, 0.5) is 10.5 Å². The summed E-state index contributed by atoms with van der Waals surface area (Å²) in [5.41, 5.74) is 1.50. The number of anilines is 1. The van der Waals surface area contributed by atoms with Gasteiger partial charge >= 0.3 is 12.0 Å². The SMILES string of the molecule is Cc1coc(-c2cccc(NC(=O)NC(C)(C)CCC(=O)O)c2)n1. The van der Waals surface area contributed by atoms with Gasteiger partial charge in [-0.1, -0.05) is 6.07 Å². The first-order chi connectivity index (χ1) is 11.2. The lowest BCUT2D eigenvalue weighted by Gasteiger charge is -2.25. The maximum Gasteiger partial charge on any atom is 0.319 e. The highest BCUT2D eigenvalue weighted by molar-refractivity contribution is 5.90. The average Bonchev–Trinajstić information content (AvgIpc) is 2.91. The molecule has 0 atom stereocenters. The number of rotatable bonds is 6. The highest BCUT2D eigenvalue weighted by Gasteiger charge is 2.21. The van der Waals surface area contributed by atoms with E-state index >= 15 is 0 Å². The molecule has 0 aliphatic heterocycles. The van der Waals surface area contributed by atoms with E-state index in [-0.39, 0.29) is 6.42 Å². The Morgan fingerprint density at radius 2 is 2.08 bits per heavy atom. The van der Waals surface area contributed by atoms with Crippen LogP contribution in [0.5, 0.6) is 0 Å². The van der Waals surface area contributed by atoms with Crippen molar-refractivity contribution in [3.8, 4) is 11.5 Å². The van der Waals surface area contributed by atoms with Crippen molar-refractivity contribution < 1.29 is 19.1 Å². The van der Waals surface area contributed by atoms with Gasteiger partial charge in [-0.3, -0.25) is 4.79 Å². The molecule has 0 fully saturated rings. The quantitative estimate of drug-likeness (QED) is 0.752. The maximum atomic E-state index is 12.1. The predicted octanol–water partition coefficient (Wildman–Crippen LogP) is 3.41. The number of nitrogens with zero attached hydrogens (tertiary/aromatic N) is 1. The van der Waals surface area contributed by atoms with Crippen LogP contribution in [-0.2, 0) is 4.79 Å². The minimum Gasteiger partial charge on any atom is -0.481 e. The zero-order valence-electron chi connectivity index (χ0n) is 13.9. The van der Waals surface area contributed by atoms with Gasteiger partial charge in [-0.25, -0.2) is 9.78 Å². The molecule has 24 heavy (non-hydrogen) atoms. The van der Waals surface area contributed by atoms with Gasteiger partial charge in [-0.2, -0.15) is 0 Å². The molecule has 0 aliphatic carbocycles. The molecule has 3 N–H and O–H groups in total. The van der Waals surface area contributed by atoms with E-state index < -0.39 is 17.5 Å². The molecule has 0 spiro atoms. The molecule has 128 valence electrons. The van der Waals surface area contributed by atoms with E-state index in [9.17, 15) is 9.59 Å². The fourth-order valence-electron chi connectivity index (χ4n) is 2.17. The smallest absolute Gasteiger partial charge is 0.319 e. The first-order valence-corrected chi connectivity index (χ1v) is 7.59. The number of carbonyl (C=O) groups excluding carboxylic acids is 1. The number of nitrogens with one attached hydrogen (secondary N) is 2. The number of aromatic nitrogens is 1. The summed E-state index contributed by atoms with van der Waals surface area (Å²) in [5.74, 6) is -0.405. The van der Waals surface area contributed by atoms with Gasteiger partial charge < -0.3 is 20.2 Å². The third-order valence-electron chi connectivity index (χ3n) is 3.40. The van der Waals surface area contributed by atoms with E-state index in [0.29, 0.717) is 18.0 Å². The van der Waals surface area contributed by atoms with Gasteiger partial charge in [0.25, 0.3) is 0 Å². The predicted molar refractivity (Wildman–Crippen MR) is 89.8 cm³/mol. The molecular formula is C17H21N3O4. The first kappa shape index (κ1) is 17.5. The van der Waals surface area contributed by atoms with Crippen molar-refractivity contribution in [2.45, 2.75) is 39.2 Å². The van der Waals surface area contributed by atoms with Gasteiger partial charge in [0.05, 0.1) is 5.69 Å². The van der Waals surface area contributed by atoms with Crippen LogP contribution < -0.4 is 10.6 Å². The van der Waals surface area contributed by atoms with E-state index in [0.717, 1.165) is 11.3 Å². The molecule has 1 aromatic heterocycles. The number of carboxylic acid groups (broad SMARTS) is 1. The van der Waals surface area contributed by atoms with Gasteiger partial charge in [0, 0.05) is 23.2 Å². The number of aliphatic carboxylic acids is 1. The lowest BCUT2D eigenvalue weighted by molar-refractivity contribution is -0.137. The van der Waals surface area contributed by atoms with Crippen LogP contribution >= 0.6 is 0 Å². The van der Waals surface area contributed by atoms with Crippen LogP contribution in [0.15, 0.2) is 34.9 Å². The van der Waals surface area contributed by atoms with Gasteiger partial charge in [0.2, 0.25) is 5.89 Å². The van der Waals surface area contributed by atoms with Crippen molar-refractivity contribution >= 4 is 17.7 Å². The fourth-order valence-corrected chi connectivity index (χ4v) is 2.17. The number of oxazole rings is 1. The van der Waals surface area contributed by atoms with E-state index in [4.69, 9.17) is 9.52 Å². The van der Waals surface area contributed by atoms with Crippen molar-refractivity contribution in [1.29, 1.82) is 0 Å². The number of hydrogen-bond donors (Lipinski definition) is 3. The molecule has 0 unspecified atom stereocenters. The van der Waals surface area contributed by atoms with Gasteiger partial charge in [0.15, 0.2) is 0 Å². The Kier molecular flexibility index (Phi) is 5.23. The summed E-state index contributed by atoms with van der Waals surface area (Å²) in [7, 11) is 0. The highest BCUT2D eigenvalue weighted by atomic mass is 16.4. The van der Waals surface area contributed by atoms with Crippen LogP contribution in [0, 0.1) is 6.92 Å². The normalized spacial score (nSPS) is 11.1. The van der Waals surface area contributed by atoms with Crippen molar-refractivity contribution in [3.63, 3.8) is 0 Å². The molecule has 0 aliphatic rings. The Morgan fingerprint density at radius 3 is 2.71 bits per heavy atom. The zero-order chi connectivity index (χ0) is 17.7. The number of carboxylic acids is 1. The van der Waals surface area contributed by atoms with Crippen molar-refractivity contribution in [1.82, 2.24) is 10.3 Å². The second-order valence-electron chi connectivity index (χ2n) is 6.23. The molecule has 0 saturated carbocycles. The lowest BCUT2D eigenvalue weighted by Crippen LogP contribution is -2.45. The van der Waals surface area contributed by atoms with E-state index in [1.807, 2.05) is 13.0 Å². The standard InChI is InChI=1S/C17H21N3O4/c1-11-10-24-15(18-11)12-5-4-6-13(9-12)19-16(23)20-17(2,3)8-7-14(21)22/h4-6,9-10H,7-8H2,1-3H3,(H,21,22)(H2,19,20,23). The van der Waals surface area contributed by atoms with E-state index in [2.05, 4.69) is 15.6 Å². The molecule has 7 heteroatoms. The summed E-state index contributed by atoms with van der Waals surface area (Å²) < 4.78 is 5.35. The Balaban J connectivity index is 2.00. The number of urea groups is 1. The minimum absolute atomic E-state index is 0.00766. The molecule has 2 amide bonds. The number of amides is 2. The molecule has 0 bridgehead atoms. The van der Waals surface area contributed by atoms with Crippen molar-refractivity contribution in [2.24, 2.45) is 0 Å². The summed E-state index contributed by atoms with van der Waals surface area (Å²) in [5, 5.41) is 14.3. The number of aryl methyl sites for hydroxylation is 1. The van der Waals surface area contributed by atoms with Crippen LogP contribution in [0.3, 0.4) is 0 Å². The molecular weight excluding hydrogens is 310 g/mol. The number of carbonyl (C=O) groups is 2. The van der Waals surface area contributed by atoms with Crippen LogP contribution in [-0.4, -0.2) is 27.6 Å². The third-order valence-corrected chi connectivity index (χ3v) is 3.40. The van der Waals surface area contributed by atoms with Gasteiger partial charge in [-0.05, 0) is 45.4 Å². The van der Waals surface area contributed by atoms with E-state index in [1.165, 1.54) is 0 Å². The lowest BCUT2D eigenvalue weighted by atomic mass is 9.99. The Morgan fingerprint density at radius 1 is 1.33 bits per heavy atom. The second-order valence-corrected chi connectivity index (χ2v) is 6.23. The summed E-state index contributed by atoms with van der Waals surface area (Å²) in [6.45, 7) is 5.39. The van der Waals surface area contributed by atoms with E-state index in [1.54, 1.807) is 38.3 Å². The topological polar surface area (TPSA) is 104 Å². The number of hydrogen-bond acceptors (Lipinski definition) is 4. The Hall–Kier alpha value is -2.83. The largest absolute Gasteiger partial charge is 0.481 e. The monoisotopic (exact) mass is 331 g/mol. The minimum atomic E-state index is -0.890. The first-order valence-electron chi connectivity index (χ1n) is 7.59. The molecule has 2 aromatic rings. The molecule has 7 nitrogen and oxygen atoms in total. The third kappa shape index (κ3) is 5.12. The average molecular weight is 331 g/mol. The summed E-state index contributed by atoms with van der Waals surface area (Å²) in [6, 6.07) is 6.75. The molecule has 2 rings (SSSR count). The Bertz CT molecular complexity index is 737. The van der Waals surface area contributed by atoms with Crippen molar-refractivity contribution in [2.75, 3.05) is 5.32 Å². The maximum absolute atomic E-state index is 12.1. The Labute approximate surface area is 140 Å². The summed E-state index contributed by atoms with van der Waals surface area (Å²) >= 11 is 0. The summed E-state index contributed by atoms with van der Waals surface area (Å²) in [6.07, 6.45) is 1.89. The second kappa shape index (κ2) is 7.16. The molecule has 1 aromatic carbocycles. The molecule has 0 radical (unpaired) electrons. The van der Waals surface area contributed by atoms with Crippen molar-refractivity contribution in [3.05, 3.63) is 36.2 Å². The zero-order valence-corrected chi connectivity index (χ0v) is 13.9. The summed E-state index contributed by atoms with van der Waals surface area (Å²) in [4.78, 5) is 27.0. The highest BCUT2D eigenvalue weighted by Crippen LogP contribution is 2.22. The van der Waals surface area contributed by atoms with Gasteiger partial charge in [0.1, 0.15) is 6.26 Å². The fraction of sp³-hybridized carbons (Fsp3) is 0.353. The molecule has 0 saturated heterocycles. The number of benzene rings is 1. The van der Waals surface area contributed by atoms with Crippen LogP contribution in [0.1, 0.15) is 32.4 Å². The van der Waals surface area contributed by atoms with Gasteiger partial charge in [-0.15, -0.1) is 0 Å². The molecule has 1 heterocycles. The van der Waals surface area contributed by atoms with Crippen LogP contribution in [0.2, 0.25) is 0 Å². The van der Waals surface area contributed by atoms with Crippen LogP contribution in [0.25, 0.3) is 11.5 Å².